The Hall–Kier alpha value is -1.31. The molecule has 1 heterocycles. The monoisotopic (exact) mass is 178 g/mol. The average molecular weight is 178 g/mol. The third-order valence-corrected chi connectivity index (χ3v) is 1.94. The first-order chi connectivity index (χ1) is 6.19. The third-order valence-electron chi connectivity index (χ3n) is 1.94. The molecule has 0 aliphatic rings. The molecule has 1 N–H and O–H groups in total. The van der Waals surface area contributed by atoms with E-state index < -0.39 is 0 Å². The minimum Gasteiger partial charge on any atom is -0.357 e. The van der Waals surface area contributed by atoms with Crippen molar-refractivity contribution in [1.29, 1.82) is 0 Å². The predicted molar refractivity (Wildman–Crippen MR) is 60.9 cm³/mol. The van der Waals surface area contributed by atoms with Crippen LogP contribution in [0.4, 0.5) is 5.69 Å². The number of hydrogen-bond acceptors (Lipinski definition) is 1. The molecule has 0 aliphatic carbocycles. The van der Waals surface area contributed by atoms with Gasteiger partial charge in [-0.3, -0.25) is 4.99 Å². The molecule has 0 atom stereocenters. The molecule has 1 aromatic heterocycles. The van der Waals surface area contributed by atoms with E-state index in [1.165, 1.54) is 5.69 Å². The second-order valence-corrected chi connectivity index (χ2v) is 3.27. The van der Waals surface area contributed by atoms with Gasteiger partial charge in [-0.25, -0.2) is 0 Å². The fourth-order valence-corrected chi connectivity index (χ4v) is 1.19. The van der Waals surface area contributed by atoms with Crippen LogP contribution in [0.15, 0.2) is 17.6 Å². The van der Waals surface area contributed by atoms with Gasteiger partial charge in [-0.2, -0.15) is 0 Å². The highest BCUT2D eigenvalue weighted by Gasteiger charge is 2.06. The Kier molecular flexibility index (Phi) is 3.07. The summed E-state index contributed by atoms with van der Waals surface area (Å²) in [6.07, 6.45) is 3.59. The van der Waals surface area contributed by atoms with Crippen molar-refractivity contribution in [1.82, 2.24) is 4.98 Å². The fraction of sp³-hybridized carbons (Fsp3) is 0.364. The van der Waals surface area contributed by atoms with Gasteiger partial charge in [-0.05, 0) is 25.0 Å². The molecule has 0 unspecified atom stereocenters. The van der Waals surface area contributed by atoms with Gasteiger partial charge in [0, 0.05) is 13.3 Å². The Morgan fingerprint density at radius 1 is 1.62 bits per heavy atom. The summed E-state index contributed by atoms with van der Waals surface area (Å²) in [6, 6.07) is 2.07. The number of nitrogens with one attached hydrogen (secondary N) is 1. The van der Waals surface area contributed by atoms with Crippen LogP contribution >= 0.6 is 0 Å². The third kappa shape index (κ3) is 2.08. The maximum atomic E-state index is 4.25. The van der Waals surface area contributed by atoms with Crippen LogP contribution in [0.3, 0.4) is 0 Å². The van der Waals surface area contributed by atoms with Gasteiger partial charge in [-0.1, -0.05) is 20.4 Å². The van der Waals surface area contributed by atoms with Gasteiger partial charge in [0.25, 0.3) is 0 Å². The molecule has 2 heteroatoms. The Morgan fingerprint density at radius 2 is 2.31 bits per heavy atom. The summed E-state index contributed by atoms with van der Waals surface area (Å²) in [5.41, 5.74) is 3.18. The van der Waals surface area contributed by atoms with Crippen LogP contribution in [0.5, 0.6) is 0 Å². The summed E-state index contributed by atoms with van der Waals surface area (Å²) in [5.74, 6) is 0.500. The minimum absolute atomic E-state index is 0. The van der Waals surface area contributed by atoms with E-state index in [0.717, 1.165) is 11.4 Å². The standard InChI is InChI=1S/C11H16N2.H2/c1-5-9-11(12-6-2)7-10(13-9)8(3)4;/h5-8,13H,1H2,2-4H3;1H. The fourth-order valence-electron chi connectivity index (χ4n) is 1.19. The lowest BCUT2D eigenvalue weighted by molar-refractivity contribution is 0.832. The first kappa shape index (κ1) is 9.78. The lowest BCUT2D eigenvalue weighted by Crippen LogP contribution is -1.85. The Labute approximate surface area is 80.9 Å². The molecule has 0 aliphatic heterocycles. The molecule has 2 nitrogen and oxygen atoms in total. The van der Waals surface area contributed by atoms with E-state index in [-0.39, 0.29) is 1.43 Å². The average Bonchev–Trinajstić information content (AvgIpc) is 2.48. The zero-order chi connectivity index (χ0) is 9.84. The molecule has 0 saturated heterocycles. The molecular formula is C11H18N2. The molecular weight excluding hydrogens is 160 g/mol. The second-order valence-electron chi connectivity index (χ2n) is 3.27. The van der Waals surface area contributed by atoms with E-state index in [4.69, 9.17) is 0 Å². The van der Waals surface area contributed by atoms with Crippen LogP contribution in [0.25, 0.3) is 6.08 Å². The topological polar surface area (TPSA) is 28.1 Å². The molecule has 1 rings (SSSR count). The summed E-state index contributed by atoms with van der Waals surface area (Å²) in [5, 5.41) is 0. The Bertz CT molecular complexity index is 324. The molecule has 0 bridgehead atoms. The zero-order valence-electron chi connectivity index (χ0n) is 8.46. The number of aliphatic imine (C=N–C) groups is 1. The molecule has 0 radical (unpaired) electrons. The van der Waals surface area contributed by atoms with E-state index in [1.807, 2.05) is 6.92 Å². The van der Waals surface area contributed by atoms with Crippen LogP contribution in [-0.4, -0.2) is 11.2 Å². The largest absolute Gasteiger partial charge is 0.357 e. The van der Waals surface area contributed by atoms with Crippen LogP contribution in [0.1, 0.15) is 39.5 Å². The highest BCUT2D eigenvalue weighted by molar-refractivity contribution is 5.68. The SMILES string of the molecule is C=Cc1[nH]c(C(C)C)cc1N=CC.[HH]. The molecule has 72 valence electrons. The van der Waals surface area contributed by atoms with Crippen LogP contribution < -0.4 is 0 Å². The molecule has 0 fully saturated rings. The Balaban J connectivity index is 0.00000169. The molecule has 0 amide bonds. The van der Waals surface area contributed by atoms with Crippen molar-refractivity contribution in [2.45, 2.75) is 26.7 Å². The van der Waals surface area contributed by atoms with Gasteiger partial charge in [0.2, 0.25) is 0 Å². The van der Waals surface area contributed by atoms with Gasteiger partial charge in [0.15, 0.2) is 0 Å². The van der Waals surface area contributed by atoms with E-state index in [1.54, 1.807) is 12.3 Å². The predicted octanol–water partition coefficient (Wildman–Crippen LogP) is 3.75. The van der Waals surface area contributed by atoms with Crippen molar-refractivity contribution in [3.05, 3.63) is 24.0 Å². The summed E-state index contributed by atoms with van der Waals surface area (Å²) in [4.78, 5) is 7.54. The van der Waals surface area contributed by atoms with Gasteiger partial charge in [-0.15, -0.1) is 0 Å². The van der Waals surface area contributed by atoms with Crippen LogP contribution in [0.2, 0.25) is 0 Å². The number of nitrogens with zero attached hydrogens (tertiary/aromatic N) is 1. The second kappa shape index (κ2) is 4.08. The van der Waals surface area contributed by atoms with Crippen molar-refractivity contribution in [2.75, 3.05) is 0 Å². The van der Waals surface area contributed by atoms with Crippen molar-refractivity contribution < 1.29 is 1.43 Å². The normalized spacial score (nSPS) is 11.4. The highest BCUT2D eigenvalue weighted by atomic mass is 14.8. The molecule has 1 aromatic rings. The molecule has 0 saturated carbocycles. The van der Waals surface area contributed by atoms with E-state index in [9.17, 15) is 0 Å². The maximum absolute atomic E-state index is 4.25. The minimum atomic E-state index is 0. The van der Waals surface area contributed by atoms with E-state index >= 15 is 0 Å². The van der Waals surface area contributed by atoms with Crippen LogP contribution in [0, 0.1) is 0 Å². The van der Waals surface area contributed by atoms with E-state index in [2.05, 4.69) is 36.5 Å². The lowest BCUT2D eigenvalue weighted by atomic mass is 10.1. The molecule has 13 heavy (non-hydrogen) atoms. The number of aromatic nitrogens is 1. The van der Waals surface area contributed by atoms with E-state index in [0.29, 0.717) is 5.92 Å². The van der Waals surface area contributed by atoms with Crippen molar-refractivity contribution in [3.63, 3.8) is 0 Å². The summed E-state index contributed by atoms with van der Waals surface area (Å²) in [6.45, 7) is 9.95. The summed E-state index contributed by atoms with van der Waals surface area (Å²) in [7, 11) is 0. The number of hydrogen-bond donors (Lipinski definition) is 1. The first-order valence-corrected chi connectivity index (χ1v) is 4.53. The smallest absolute Gasteiger partial charge is 0.0877 e. The van der Waals surface area contributed by atoms with Crippen LogP contribution in [-0.2, 0) is 0 Å². The Morgan fingerprint density at radius 3 is 2.77 bits per heavy atom. The first-order valence-electron chi connectivity index (χ1n) is 4.53. The lowest BCUT2D eigenvalue weighted by Gasteiger charge is -1.97. The van der Waals surface area contributed by atoms with Gasteiger partial charge in [0.05, 0.1) is 11.4 Å². The number of H-pyrrole nitrogens is 1. The van der Waals surface area contributed by atoms with Crippen molar-refractivity contribution in [3.8, 4) is 0 Å². The van der Waals surface area contributed by atoms with Gasteiger partial charge < -0.3 is 4.98 Å². The highest BCUT2D eigenvalue weighted by Crippen LogP contribution is 2.25. The van der Waals surface area contributed by atoms with Gasteiger partial charge >= 0.3 is 0 Å². The molecule has 0 aromatic carbocycles. The molecule has 0 spiro atoms. The number of aromatic amines is 1. The van der Waals surface area contributed by atoms with Crippen molar-refractivity contribution >= 4 is 18.0 Å². The summed E-state index contributed by atoms with van der Waals surface area (Å²) < 4.78 is 0. The summed E-state index contributed by atoms with van der Waals surface area (Å²) >= 11 is 0. The number of rotatable bonds is 3. The quantitative estimate of drug-likeness (QED) is 0.683. The maximum Gasteiger partial charge on any atom is 0.0877 e. The van der Waals surface area contributed by atoms with Gasteiger partial charge in [0.1, 0.15) is 0 Å². The van der Waals surface area contributed by atoms with Crippen molar-refractivity contribution in [2.24, 2.45) is 4.99 Å². The zero-order valence-corrected chi connectivity index (χ0v) is 8.46.